The third kappa shape index (κ3) is 4.45. The smallest absolute Gasteiger partial charge is 0.270 e. The van der Waals surface area contributed by atoms with Crippen LogP contribution in [0.25, 0.3) is 17.1 Å². The highest BCUT2D eigenvalue weighted by Crippen LogP contribution is 2.26. The lowest BCUT2D eigenvalue weighted by atomic mass is 9.98. The van der Waals surface area contributed by atoms with Crippen LogP contribution in [0, 0.1) is 0 Å². The zero-order valence-electron chi connectivity index (χ0n) is 17.6. The number of nitrogens with zero attached hydrogens (tertiary/aromatic N) is 2. The number of benzene rings is 3. The molecule has 1 N–H and O–H groups in total. The fourth-order valence-corrected chi connectivity index (χ4v) is 3.85. The molecule has 3 aromatic carbocycles. The molecule has 0 saturated heterocycles. The van der Waals surface area contributed by atoms with Gasteiger partial charge in [0.05, 0.1) is 18.0 Å². The minimum absolute atomic E-state index is 0.257. The second-order valence-electron chi connectivity index (χ2n) is 7.51. The normalized spacial score (nSPS) is 11.0. The molecule has 0 aliphatic carbocycles. The van der Waals surface area contributed by atoms with E-state index in [4.69, 9.17) is 16.0 Å². The second kappa shape index (κ2) is 9.18. The SMILES string of the molecule is O=C(NC(c1ccccc1)c1ccccc1)c1cc(-c2ccco2)nn1-c1ccc(Cl)cc1. The summed E-state index contributed by atoms with van der Waals surface area (Å²) < 4.78 is 7.12. The lowest BCUT2D eigenvalue weighted by Gasteiger charge is -2.20. The van der Waals surface area contributed by atoms with Crippen molar-refractivity contribution in [3.8, 4) is 17.1 Å². The maximum absolute atomic E-state index is 13.6. The van der Waals surface area contributed by atoms with E-state index in [2.05, 4.69) is 10.4 Å². The molecule has 33 heavy (non-hydrogen) atoms. The molecule has 0 bridgehead atoms. The van der Waals surface area contributed by atoms with Crippen molar-refractivity contribution in [1.29, 1.82) is 0 Å². The Morgan fingerprint density at radius 1 is 0.848 bits per heavy atom. The fourth-order valence-electron chi connectivity index (χ4n) is 3.72. The van der Waals surface area contributed by atoms with E-state index in [1.165, 1.54) is 0 Å². The van der Waals surface area contributed by atoms with Gasteiger partial charge < -0.3 is 9.73 Å². The topological polar surface area (TPSA) is 60.1 Å². The lowest BCUT2D eigenvalue weighted by molar-refractivity contribution is 0.0935. The van der Waals surface area contributed by atoms with Gasteiger partial charge in [0.25, 0.3) is 5.91 Å². The molecule has 0 radical (unpaired) electrons. The predicted molar refractivity (Wildman–Crippen MR) is 128 cm³/mol. The largest absolute Gasteiger partial charge is 0.463 e. The van der Waals surface area contributed by atoms with Crippen molar-refractivity contribution in [2.75, 3.05) is 0 Å². The van der Waals surface area contributed by atoms with Crippen LogP contribution in [0.2, 0.25) is 5.02 Å². The van der Waals surface area contributed by atoms with E-state index in [9.17, 15) is 4.79 Å². The summed E-state index contributed by atoms with van der Waals surface area (Å²) in [6.07, 6.45) is 1.58. The van der Waals surface area contributed by atoms with Gasteiger partial charge in [0, 0.05) is 11.1 Å². The van der Waals surface area contributed by atoms with Gasteiger partial charge in [-0.05, 0) is 47.5 Å². The fraction of sp³-hybridized carbons (Fsp3) is 0.0370. The number of amides is 1. The number of hydrogen-bond donors (Lipinski definition) is 1. The van der Waals surface area contributed by atoms with Gasteiger partial charge in [-0.3, -0.25) is 4.79 Å². The van der Waals surface area contributed by atoms with Gasteiger partial charge in [-0.15, -0.1) is 0 Å². The molecule has 5 rings (SSSR count). The molecule has 0 spiro atoms. The van der Waals surface area contributed by atoms with Crippen LogP contribution in [-0.4, -0.2) is 15.7 Å². The molecule has 0 atom stereocenters. The van der Waals surface area contributed by atoms with E-state index in [0.29, 0.717) is 22.2 Å². The van der Waals surface area contributed by atoms with E-state index in [1.807, 2.05) is 78.9 Å². The first kappa shape index (κ1) is 20.8. The third-order valence-corrected chi connectivity index (χ3v) is 5.58. The first-order valence-electron chi connectivity index (χ1n) is 10.5. The summed E-state index contributed by atoms with van der Waals surface area (Å²) in [6, 6.07) is 32.0. The molecule has 6 heteroatoms. The molecule has 0 fully saturated rings. The van der Waals surface area contributed by atoms with Crippen molar-refractivity contribution < 1.29 is 9.21 Å². The first-order valence-corrected chi connectivity index (χ1v) is 10.9. The lowest BCUT2D eigenvalue weighted by Crippen LogP contribution is -2.31. The molecule has 0 aliphatic heterocycles. The van der Waals surface area contributed by atoms with Gasteiger partial charge in [0.15, 0.2) is 5.76 Å². The molecule has 5 aromatic rings. The number of furan rings is 1. The highest BCUT2D eigenvalue weighted by molar-refractivity contribution is 6.30. The average Bonchev–Trinajstić information content (AvgIpc) is 3.54. The highest BCUT2D eigenvalue weighted by Gasteiger charge is 2.23. The van der Waals surface area contributed by atoms with Gasteiger partial charge >= 0.3 is 0 Å². The van der Waals surface area contributed by atoms with Crippen LogP contribution in [0.4, 0.5) is 0 Å². The summed E-state index contributed by atoms with van der Waals surface area (Å²) in [5.41, 5.74) is 3.65. The Hall–Kier alpha value is -4.09. The summed E-state index contributed by atoms with van der Waals surface area (Å²) in [4.78, 5) is 13.6. The molecular weight excluding hydrogens is 434 g/mol. The van der Waals surface area contributed by atoms with Crippen LogP contribution in [-0.2, 0) is 0 Å². The highest BCUT2D eigenvalue weighted by atomic mass is 35.5. The molecule has 0 saturated carbocycles. The second-order valence-corrected chi connectivity index (χ2v) is 7.94. The third-order valence-electron chi connectivity index (χ3n) is 5.33. The summed E-state index contributed by atoms with van der Waals surface area (Å²) >= 11 is 6.07. The number of halogens is 1. The molecule has 162 valence electrons. The van der Waals surface area contributed by atoms with E-state index in [0.717, 1.165) is 16.8 Å². The average molecular weight is 454 g/mol. The van der Waals surface area contributed by atoms with Crippen LogP contribution in [0.5, 0.6) is 0 Å². The summed E-state index contributed by atoms with van der Waals surface area (Å²) in [6.45, 7) is 0. The molecule has 0 unspecified atom stereocenters. The van der Waals surface area contributed by atoms with Crippen LogP contribution < -0.4 is 5.32 Å². The van der Waals surface area contributed by atoms with Crippen molar-refractivity contribution in [2.24, 2.45) is 0 Å². The zero-order chi connectivity index (χ0) is 22.6. The van der Waals surface area contributed by atoms with Crippen LogP contribution in [0.3, 0.4) is 0 Å². The number of aromatic nitrogens is 2. The Bertz CT molecular complexity index is 1310. The Balaban J connectivity index is 1.56. The maximum Gasteiger partial charge on any atom is 0.270 e. The van der Waals surface area contributed by atoms with Gasteiger partial charge in [-0.25, -0.2) is 4.68 Å². The maximum atomic E-state index is 13.6. The summed E-state index contributed by atoms with van der Waals surface area (Å²) in [5.74, 6) is 0.326. The van der Waals surface area contributed by atoms with E-state index in [1.54, 1.807) is 35.2 Å². The minimum Gasteiger partial charge on any atom is -0.463 e. The number of carbonyl (C=O) groups excluding carboxylic acids is 1. The Morgan fingerprint density at radius 3 is 2.06 bits per heavy atom. The van der Waals surface area contributed by atoms with Crippen molar-refractivity contribution in [3.63, 3.8) is 0 Å². The Morgan fingerprint density at radius 2 is 1.48 bits per heavy atom. The Labute approximate surface area is 196 Å². The first-order chi connectivity index (χ1) is 16.2. The quantitative estimate of drug-likeness (QED) is 0.328. The van der Waals surface area contributed by atoms with Gasteiger partial charge in [0.2, 0.25) is 0 Å². The number of carbonyl (C=O) groups is 1. The molecule has 5 nitrogen and oxygen atoms in total. The predicted octanol–water partition coefficient (Wildman–Crippen LogP) is 6.31. The van der Waals surface area contributed by atoms with Crippen LogP contribution in [0.1, 0.15) is 27.7 Å². The summed E-state index contributed by atoms with van der Waals surface area (Å²) in [7, 11) is 0. The standard InChI is InChI=1S/C27H20ClN3O2/c28-21-13-15-22(16-14-21)31-24(18-23(30-31)25-12-7-17-33-25)27(32)29-26(19-8-3-1-4-9-19)20-10-5-2-6-11-20/h1-18,26H,(H,29,32). The summed E-state index contributed by atoms with van der Waals surface area (Å²) in [5, 5.41) is 8.44. The van der Waals surface area contributed by atoms with E-state index in [-0.39, 0.29) is 11.9 Å². The van der Waals surface area contributed by atoms with Crippen LogP contribution in [0.15, 0.2) is 114 Å². The minimum atomic E-state index is -0.319. The van der Waals surface area contributed by atoms with Crippen LogP contribution >= 0.6 is 11.6 Å². The van der Waals surface area contributed by atoms with Gasteiger partial charge in [0.1, 0.15) is 11.4 Å². The van der Waals surface area contributed by atoms with Crippen molar-refractivity contribution >= 4 is 17.5 Å². The molecule has 2 aromatic heterocycles. The van der Waals surface area contributed by atoms with Crippen molar-refractivity contribution in [2.45, 2.75) is 6.04 Å². The van der Waals surface area contributed by atoms with Gasteiger partial charge in [-0.2, -0.15) is 5.10 Å². The van der Waals surface area contributed by atoms with Gasteiger partial charge in [-0.1, -0.05) is 72.3 Å². The van der Waals surface area contributed by atoms with E-state index >= 15 is 0 Å². The molecule has 2 heterocycles. The van der Waals surface area contributed by atoms with Crippen molar-refractivity contribution in [1.82, 2.24) is 15.1 Å². The number of hydrogen-bond acceptors (Lipinski definition) is 3. The number of rotatable bonds is 6. The molecular formula is C27H20ClN3O2. The monoisotopic (exact) mass is 453 g/mol. The van der Waals surface area contributed by atoms with Crippen molar-refractivity contribution in [3.05, 3.63) is 131 Å². The number of nitrogens with one attached hydrogen (secondary N) is 1. The molecule has 0 aliphatic rings. The zero-order valence-corrected chi connectivity index (χ0v) is 18.3. The Kier molecular flexibility index (Phi) is 5.79. The van der Waals surface area contributed by atoms with E-state index < -0.39 is 0 Å². The molecule has 1 amide bonds.